The smallest absolute Gasteiger partial charge is 0.493 e. The summed E-state index contributed by atoms with van der Waals surface area (Å²) in [5.74, 6) is -0.225. The SMILES string of the molecule is CCOc1cnccc1Cn1c(C)c(O)n(-c2ccc(OC(F)(F)F)cc2)c1=O. The molecule has 0 radical (unpaired) electrons. The van der Waals surface area contributed by atoms with Crippen LogP contribution in [0.25, 0.3) is 5.69 Å². The predicted molar refractivity (Wildman–Crippen MR) is 97.6 cm³/mol. The molecule has 0 saturated carbocycles. The molecule has 0 saturated heterocycles. The molecule has 0 aliphatic carbocycles. The molecule has 10 heteroatoms. The van der Waals surface area contributed by atoms with Gasteiger partial charge in [-0.25, -0.2) is 9.36 Å². The standard InChI is InChI=1S/C19H18F3N3O4/c1-3-28-16-10-23-9-8-13(16)11-24-12(2)17(26)25(18(24)27)14-4-6-15(7-5-14)29-19(20,21)22/h4-10,26H,3,11H2,1-2H3. The van der Waals surface area contributed by atoms with Crippen molar-refractivity contribution >= 4 is 0 Å². The van der Waals surface area contributed by atoms with Crippen LogP contribution in [0, 0.1) is 6.92 Å². The van der Waals surface area contributed by atoms with Crippen LogP contribution >= 0.6 is 0 Å². The van der Waals surface area contributed by atoms with Crippen molar-refractivity contribution in [3.05, 3.63) is 64.5 Å². The minimum atomic E-state index is -4.82. The van der Waals surface area contributed by atoms with Crippen LogP contribution in [0.15, 0.2) is 47.5 Å². The molecular weight excluding hydrogens is 391 g/mol. The van der Waals surface area contributed by atoms with Crippen molar-refractivity contribution in [2.24, 2.45) is 0 Å². The lowest BCUT2D eigenvalue weighted by atomic mass is 10.2. The predicted octanol–water partition coefficient (Wildman–Crippen LogP) is 3.39. The fourth-order valence-electron chi connectivity index (χ4n) is 2.85. The van der Waals surface area contributed by atoms with Gasteiger partial charge in [-0.1, -0.05) is 0 Å². The van der Waals surface area contributed by atoms with Gasteiger partial charge in [0.05, 0.1) is 30.7 Å². The summed E-state index contributed by atoms with van der Waals surface area (Å²) in [6.45, 7) is 3.93. The molecule has 3 rings (SSSR count). The summed E-state index contributed by atoms with van der Waals surface area (Å²) in [5.41, 5.74) is 0.635. The Hall–Kier alpha value is -3.43. The second-order valence-corrected chi connectivity index (χ2v) is 6.07. The number of ether oxygens (including phenoxy) is 2. The zero-order valence-electron chi connectivity index (χ0n) is 15.6. The van der Waals surface area contributed by atoms with Crippen molar-refractivity contribution in [3.8, 4) is 23.1 Å². The quantitative estimate of drug-likeness (QED) is 0.675. The highest BCUT2D eigenvalue weighted by Gasteiger charge is 2.31. The van der Waals surface area contributed by atoms with E-state index in [-0.39, 0.29) is 18.1 Å². The third-order valence-corrected chi connectivity index (χ3v) is 4.19. The fourth-order valence-corrected chi connectivity index (χ4v) is 2.85. The van der Waals surface area contributed by atoms with Crippen LogP contribution in [0.4, 0.5) is 13.2 Å². The first kappa shape index (κ1) is 20.3. The first-order valence-electron chi connectivity index (χ1n) is 8.64. The minimum Gasteiger partial charge on any atom is -0.493 e. The monoisotopic (exact) mass is 409 g/mol. The number of hydrogen-bond acceptors (Lipinski definition) is 5. The summed E-state index contributed by atoms with van der Waals surface area (Å²) >= 11 is 0. The Bertz CT molecular complexity index is 1060. The van der Waals surface area contributed by atoms with Crippen LogP contribution in [0.1, 0.15) is 18.2 Å². The molecule has 0 unspecified atom stereocenters. The van der Waals surface area contributed by atoms with Crippen molar-refractivity contribution < 1.29 is 27.8 Å². The van der Waals surface area contributed by atoms with E-state index in [0.29, 0.717) is 23.6 Å². The maximum Gasteiger partial charge on any atom is 0.573 e. The lowest BCUT2D eigenvalue weighted by Gasteiger charge is -2.10. The molecule has 0 aliphatic heterocycles. The molecule has 2 heterocycles. The minimum absolute atomic E-state index is 0.123. The number of aromatic hydroxyl groups is 1. The third kappa shape index (κ3) is 4.36. The van der Waals surface area contributed by atoms with E-state index >= 15 is 0 Å². The van der Waals surface area contributed by atoms with Crippen LogP contribution in [-0.2, 0) is 6.54 Å². The Balaban J connectivity index is 1.97. The molecule has 0 amide bonds. The van der Waals surface area contributed by atoms with Crippen molar-refractivity contribution in [2.45, 2.75) is 26.8 Å². The van der Waals surface area contributed by atoms with Gasteiger partial charge in [0.1, 0.15) is 11.5 Å². The maximum atomic E-state index is 12.9. The number of rotatable bonds is 6. The van der Waals surface area contributed by atoms with Gasteiger partial charge in [0.15, 0.2) is 0 Å². The van der Waals surface area contributed by atoms with Gasteiger partial charge < -0.3 is 14.6 Å². The fraction of sp³-hybridized carbons (Fsp3) is 0.263. The lowest BCUT2D eigenvalue weighted by Crippen LogP contribution is -2.24. The van der Waals surface area contributed by atoms with Crippen molar-refractivity contribution in [1.29, 1.82) is 0 Å². The Morgan fingerprint density at radius 2 is 1.86 bits per heavy atom. The number of halogens is 3. The maximum absolute atomic E-state index is 12.9. The highest BCUT2D eigenvalue weighted by Crippen LogP contribution is 2.26. The Morgan fingerprint density at radius 1 is 1.17 bits per heavy atom. The number of benzene rings is 1. The molecule has 7 nitrogen and oxygen atoms in total. The summed E-state index contributed by atoms with van der Waals surface area (Å²) in [5, 5.41) is 10.4. The lowest BCUT2D eigenvalue weighted by molar-refractivity contribution is -0.274. The van der Waals surface area contributed by atoms with Gasteiger partial charge in [-0.05, 0) is 44.2 Å². The van der Waals surface area contributed by atoms with Crippen molar-refractivity contribution in [2.75, 3.05) is 6.61 Å². The number of aromatic nitrogens is 3. The van der Waals surface area contributed by atoms with E-state index in [1.165, 1.54) is 22.9 Å². The van der Waals surface area contributed by atoms with E-state index < -0.39 is 17.8 Å². The van der Waals surface area contributed by atoms with Crippen LogP contribution in [-0.4, -0.2) is 32.2 Å². The number of imidazole rings is 1. The van der Waals surface area contributed by atoms with Gasteiger partial charge in [-0.2, -0.15) is 0 Å². The third-order valence-electron chi connectivity index (χ3n) is 4.19. The second kappa shape index (κ2) is 7.90. The van der Waals surface area contributed by atoms with Gasteiger partial charge in [0, 0.05) is 11.8 Å². The molecule has 154 valence electrons. The van der Waals surface area contributed by atoms with E-state index in [0.717, 1.165) is 16.7 Å². The van der Waals surface area contributed by atoms with E-state index in [1.807, 2.05) is 6.92 Å². The van der Waals surface area contributed by atoms with Gasteiger partial charge in [0.2, 0.25) is 5.88 Å². The second-order valence-electron chi connectivity index (χ2n) is 6.07. The zero-order valence-corrected chi connectivity index (χ0v) is 15.6. The molecule has 1 aromatic carbocycles. The zero-order chi connectivity index (χ0) is 21.2. The van der Waals surface area contributed by atoms with E-state index in [9.17, 15) is 23.1 Å². The number of hydrogen-bond donors (Lipinski definition) is 1. The molecule has 3 aromatic rings. The Morgan fingerprint density at radius 3 is 2.48 bits per heavy atom. The highest BCUT2D eigenvalue weighted by atomic mass is 19.4. The molecule has 0 bridgehead atoms. The number of pyridine rings is 1. The van der Waals surface area contributed by atoms with Crippen LogP contribution in [0.3, 0.4) is 0 Å². The molecule has 29 heavy (non-hydrogen) atoms. The average molecular weight is 409 g/mol. The average Bonchev–Trinajstić information content (AvgIpc) is 2.86. The van der Waals surface area contributed by atoms with E-state index in [2.05, 4.69) is 9.72 Å². The van der Waals surface area contributed by atoms with Gasteiger partial charge in [-0.15, -0.1) is 13.2 Å². The molecule has 0 spiro atoms. The Kier molecular flexibility index (Phi) is 5.53. The molecule has 0 fully saturated rings. The summed E-state index contributed by atoms with van der Waals surface area (Å²) in [4.78, 5) is 16.9. The summed E-state index contributed by atoms with van der Waals surface area (Å²) in [6, 6.07) is 6.34. The molecular formula is C19H18F3N3O4. The molecule has 0 aliphatic rings. The van der Waals surface area contributed by atoms with Gasteiger partial charge >= 0.3 is 12.1 Å². The van der Waals surface area contributed by atoms with Gasteiger partial charge in [0.25, 0.3) is 0 Å². The summed E-state index contributed by atoms with van der Waals surface area (Å²) < 4.78 is 48.6. The van der Waals surface area contributed by atoms with Crippen LogP contribution in [0.2, 0.25) is 0 Å². The number of alkyl halides is 3. The largest absolute Gasteiger partial charge is 0.573 e. The van der Waals surface area contributed by atoms with Crippen LogP contribution in [0.5, 0.6) is 17.4 Å². The van der Waals surface area contributed by atoms with Crippen molar-refractivity contribution in [3.63, 3.8) is 0 Å². The first-order chi connectivity index (χ1) is 13.7. The van der Waals surface area contributed by atoms with E-state index in [1.54, 1.807) is 19.2 Å². The first-order valence-corrected chi connectivity index (χ1v) is 8.64. The Labute approximate surface area is 163 Å². The number of nitrogens with zero attached hydrogens (tertiary/aromatic N) is 3. The highest BCUT2D eigenvalue weighted by molar-refractivity contribution is 5.42. The van der Waals surface area contributed by atoms with E-state index in [4.69, 9.17) is 4.74 Å². The summed E-state index contributed by atoms with van der Waals surface area (Å²) in [6.07, 6.45) is -1.72. The summed E-state index contributed by atoms with van der Waals surface area (Å²) in [7, 11) is 0. The topological polar surface area (TPSA) is 78.5 Å². The normalized spacial score (nSPS) is 11.5. The van der Waals surface area contributed by atoms with Gasteiger partial charge in [-0.3, -0.25) is 9.55 Å². The molecule has 0 atom stereocenters. The van der Waals surface area contributed by atoms with Crippen molar-refractivity contribution in [1.82, 2.24) is 14.1 Å². The molecule has 1 N–H and O–H groups in total. The molecule has 2 aromatic heterocycles. The van der Waals surface area contributed by atoms with Crippen LogP contribution < -0.4 is 15.2 Å².